The highest BCUT2D eigenvalue weighted by atomic mass is 32.2. The molecule has 1 saturated carbocycles. The summed E-state index contributed by atoms with van der Waals surface area (Å²) in [6.07, 6.45) is 2.17. The Labute approximate surface area is 112 Å². The maximum Gasteiger partial charge on any atom is 0.250 e. The summed E-state index contributed by atoms with van der Waals surface area (Å²) in [6, 6.07) is 4.97. The lowest BCUT2D eigenvalue weighted by Gasteiger charge is -2.19. The molecule has 98 valence electrons. The van der Waals surface area contributed by atoms with Crippen LogP contribution < -0.4 is 4.72 Å². The van der Waals surface area contributed by atoms with Crippen LogP contribution in [0.15, 0.2) is 16.3 Å². The molecule has 4 nitrogen and oxygen atoms in total. The van der Waals surface area contributed by atoms with Gasteiger partial charge in [0.05, 0.1) is 0 Å². The van der Waals surface area contributed by atoms with Gasteiger partial charge in [0.15, 0.2) is 0 Å². The molecule has 2 rings (SSSR count). The van der Waals surface area contributed by atoms with Gasteiger partial charge in [-0.25, -0.2) is 13.1 Å². The second-order valence-electron chi connectivity index (χ2n) is 5.07. The van der Waals surface area contributed by atoms with Gasteiger partial charge in [-0.15, -0.1) is 11.3 Å². The molecule has 1 aliphatic carbocycles. The van der Waals surface area contributed by atoms with Crippen molar-refractivity contribution in [2.45, 2.75) is 30.9 Å². The Balaban J connectivity index is 2.07. The number of nitrogens with one attached hydrogen (secondary N) is 1. The quantitative estimate of drug-likeness (QED) is 0.902. The predicted octanol–water partition coefficient (Wildman–Crippen LogP) is 2.33. The number of hydrogen-bond acceptors (Lipinski definition) is 4. The maximum absolute atomic E-state index is 12.0. The summed E-state index contributed by atoms with van der Waals surface area (Å²) in [5.41, 5.74) is 0.141. The average molecular weight is 284 g/mol. The minimum absolute atomic E-state index is 0.141. The van der Waals surface area contributed by atoms with Crippen LogP contribution in [0.25, 0.3) is 0 Å². The topological polar surface area (TPSA) is 70.0 Å². The largest absolute Gasteiger partial charge is 0.250 e. The van der Waals surface area contributed by atoms with Gasteiger partial charge >= 0.3 is 0 Å². The molecular formula is C12H16N2O2S2. The fraction of sp³-hybridized carbons (Fsp3) is 0.583. The average Bonchev–Trinajstić information content (AvgIpc) is 2.96. The van der Waals surface area contributed by atoms with Gasteiger partial charge in [0.2, 0.25) is 10.0 Å². The van der Waals surface area contributed by atoms with E-state index in [9.17, 15) is 8.42 Å². The summed E-state index contributed by atoms with van der Waals surface area (Å²) in [4.78, 5) is 0.417. The number of hydrogen-bond donors (Lipinski definition) is 1. The highest BCUT2D eigenvalue weighted by molar-refractivity contribution is 7.91. The summed E-state index contributed by atoms with van der Waals surface area (Å²) in [5, 5.41) is 8.70. The molecule has 6 heteroatoms. The van der Waals surface area contributed by atoms with Gasteiger partial charge in [-0.1, -0.05) is 13.8 Å². The first-order valence-electron chi connectivity index (χ1n) is 5.89. The highest BCUT2D eigenvalue weighted by Gasteiger charge is 2.45. The molecule has 1 heterocycles. The zero-order valence-electron chi connectivity index (χ0n) is 10.4. The van der Waals surface area contributed by atoms with Crippen molar-refractivity contribution in [3.63, 3.8) is 0 Å². The molecule has 1 N–H and O–H groups in total. The Kier molecular flexibility index (Phi) is 3.49. The second kappa shape index (κ2) is 4.65. The summed E-state index contributed by atoms with van der Waals surface area (Å²) in [6.45, 7) is 4.74. The van der Waals surface area contributed by atoms with Crippen molar-refractivity contribution in [1.82, 2.24) is 4.72 Å². The van der Waals surface area contributed by atoms with Gasteiger partial charge in [-0.05, 0) is 36.3 Å². The van der Waals surface area contributed by atoms with E-state index in [0.29, 0.717) is 17.3 Å². The first kappa shape index (κ1) is 13.5. The number of nitrogens with zero attached hydrogens (tertiary/aromatic N) is 1. The van der Waals surface area contributed by atoms with Crippen LogP contribution in [0.2, 0.25) is 0 Å². The van der Waals surface area contributed by atoms with Gasteiger partial charge < -0.3 is 0 Å². The van der Waals surface area contributed by atoms with Crippen LogP contribution in [-0.4, -0.2) is 15.0 Å². The first-order valence-corrected chi connectivity index (χ1v) is 8.19. The zero-order chi connectivity index (χ0) is 13.4. The number of rotatable bonds is 5. The van der Waals surface area contributed by atoms with Crippen molar-refractivity contribution < 1.29 is 8.42 Å². The molecule has 1 fully saturated rings. The smallest absolute Gasteiger partial charge is 0.210 e. The fourth-order valence-corrected chi connectivity index (χ4v) is 4.24. The van der Waals surface area contributed by atoms with Gasteiger partial charge in [0.25, 0.3) is 0 Å². The Morgan fingerprint density at radius 3 is 2.61 bits per heavy atom. The van der Waals surface area contributed by atoms with Crippen LogP contribution >= 0.6 is 11.3 Å². The monoisotopic (exact) mass is 284 g/mol. The van der Waals surface area contributed by atoms with Crippen LogP contribution in [-0.2, 0) is 10.0 Å². The molecule has 1 aromatic rings. The van der Waals surface area contributed by atoms with Crippen LogP contribution in [0.1, 0.15) is 31.6 Å². The number of nitriles is 1. The van der Waals surface area contributed by atoms with Gasteiger partial charge in [-0.2, -0.15) is 5.26 Å². The van der Waals surface area contributed by atoms with E-state index in [0.717, 1.165) is 24.2 Å². The van der Waals surface area contributed by atoms with Crippen LogP contribution in [0.4, 0.5) is 0 Å². The molecular weight excluding hydrogens is 268 g/mol. The highest BCUT2D eigenvalue weighted by Crippen LogP contribution is 2.51. The molecule has 0 radical (unpaired) electrons. The summed E-state index contributed by atoms with van der Waals surface area (Å²) in [7, 11) is -3.46. The Morgan fingerprint density at radius 2 is 2.17 bits per heavy atom. The summed E-state index contributed by atoms with van der Waals surface area (Å²) in [5.74, 6) is 0.484. The third-order valence-corrected chi connectivity index (χ3v) is 6.57. The molecule has 0 aromatic carbocycles. The lowest BCUT2D eigenvalue weighted by atomic mass is 9.93. The van der Waals surface area contributed by atoms with Gasteiger partial charge in [0.1, 0.15) is 15.2 Å². The molecule has 0 atom stereocenters. The molecule has 0 unspecified atom stereocenters. The molecule has 0 bridgehead atoms. The van der Waals surface area contributed by atoms with Crippen molar-refractivity contribution in [2.24, 2.45) is 11.3 Å². The van der Waals surface area contributed by atoms with Gasteiger partial charge in [-0.3, -0.25) is 0 Å². The van der Waals surface area contributed by atoms with E-state index in [-0.39, 0.29) is 9.62 Å². The van der Waals surface area contributed by atoms with Crippen LogP contribution in [0, 0.1) is 22.7 Å². The lowest BCUT2D eigenvalue weighted by molar-refractivity contribution is 0.357. The van der Waals surface area contributed by atoms with Crippen molar-refractivity contribution in [3.05, 3.63) is 17.0 Å². The molecule has 0 aliphatic heterocycles. The molecule has 0 spiro atoms. The molecule has 1 aliphatic rings. The first-order chi connectivity index (χ1) is 8.39. The third-order valence-electron chi connectivity index (χ3n) is 3.69. The minimum Gasteiger partial charge on any atom is -0.210 e. The SMILES string of the molecule is CC(C)C1(CNS(=O)(=O)c2ccc(C#N)s2)CC1. The summed E-state index contributed by atoms with van der Waals surface area (Å²) < 4.78 is 27.0. The molecule has 1 aromatic heterocycles. The van der Waals surface area contributed by atoms with E-state index in [1.54, 1.807) is 0 Å². The van der Waals surface area contributed by atoms with Crippen LogP contribution in [0.3, 0.4) is 0 Å². The summed E-state index contributed by atoms with van der Waals surface area (Å²) >= 11 is 1.01. The van der Waals surface area contributed by atoms with Crippen molar-refractivity contribution in [2.75, 3.05) is 6.54 Å². The Bertz CT molecular complexity index is 577. The molecule has 0 saturated heterocycles. The van der Waals surface area contributed by atoms with E-state index >= 15 is 0 Å². The number of thiophene rings is 1. The van der Waals surface area contributed by atoms with E-state index < -0.39 is 10.0 Å². The van der Waals surface area contributed by atoms with Crippen molar-refractivity contribution >= 4 is 21.4 Å². The molecule has 0 amide bonds. The van der Waals surface area contributed by atoms with E-state index in [4.69, 9.17) is 5.26 Å². The van der Waals surface area contributed by atoms with Crippen molar-refractivity contribution in [3.8, 4) is 6.07 Å². The maximum atomic E-state index is 12.0. The van der Waals surface area contributed by atoms with Crippen molar-refractivity contribution in [1.29, 1.82) is 5.26 Å². The van der Waals surface area contributed by atoms with E-state index in [2.05, 4.69) is 18.6 Å². The van der Waals surface area contributed by atoms with E-state index in [1.165, 1.54) is 12.1 Å². The van der Waals surface area contributed by atoms with E-state index in [1.807, 2.05) is 6.07 Å². The fourth-order valence-electron chi connectivity index (χ4n) is 1.95. The third kappa shape index (κ3) is 2.58. The standard InChI is InChI=1S/C12H16N2O2S2/c1-9(2)12(5-6-12)8-14-18(15,16)11-4-3-10(7-13)17-11/h3-4,9,14H,5-6,8H2,1-2H3. The predicted molar refractivity (Wildman–Crippen MR) is 70.7 cm³/mol. The Hall–Kier alpha value is -0.900. The van der Waals surface area contributed by atoms with Crippen LogP contribution in [0.5, 0.6) is 0 Å². The second-order valence-corrected chi connectivity index (χ2v) is 8.15. The molecule has 18 heavy (non-hydrogen) atoms. The minimum atomic E-state index is -3.46. The lowest BCUT2D eigenvalue weighted by Crippen LogP contribution is -2.32. The Morgan fingerprint density at radius 1 is 1.50 bits per heavy atom. The number of sulfonamides is 1. The normalized spacial score (nSPS) is 17.7. The zero-order valence-corrected chi connectivity index (χ0v) is 12.1. The van der Waals surface area contributed by atoms with Gasteiger partial charge in [0, 0.05) is 6.54 Å².